The van der Waals surface area contributed by atoms with Crippen LogP contribution in [-0.4, -0.2) is 19.0 Å². The minimum Gasteiger partial charge on any atom is -0.465 e. The van der Waals surface area contributed by atoms with Crippen LogP contribution in [0.4, 0.5) is 28.9 Å². The number of hydrogen-bond acceptors (Lipinski definition) is 3. The maximum Gasteiger partial charge on any atom is 0.418 e. The number of carbonyl (C=O) groups is 2. The lowest BCUT2D eigenvalue weighted by Crippen LogP contribution is -2.40. The van der Waals surface area contributed by atoms with Crippen molar-refractivity contribution in [2.24, 2.45) is 0 Å². The van der Waals surface area contributed by atoms with Crippen molar-refractivity contribution in [2.75, 3.05) is 12.0 Å². The normalized spacial score (nSPS) is 16.0. The van der Waals surface area contributed by atoms with E-state index in [2.05, 4.69) is 4.74 Å². The third-order valence-electron chi connectivity index (χ3n) is 4.75. The summed E-state index contributed by atoms with van der Waals surface area (Å²) in [5, 5.41) is 0. The van der Waals surface area contributed by atoms with Crippen molar-refractivity contribution >= 4 is 23.3 Å². The van der Waals surface area contributed by atoms with Gasteiger partial charge in [-0.15, -0.1) is 0 Å². The van der Waals surface area contributed by atoms with Crippen LogP contribution in [0.1, 0.15) is 41.8 Å². The SMILES string of the molecule is COC(=O)c1cc2c(cc1F)C(C)(C)CC(=O)N2c1ccccc1C(F)(F)F. The lowest BCUT2D eigenvalue weighted by Gasteiger charge is -2.39. The average molecular weight is 395 g/mol. The standard InChI is InChI=1S/C20H17F4NO3/c1-19(2)10-17(26)25(15-7-5-4-6-12(15)20(22,23)24)16-8-11(18(27)28-3)14(21)9-13(16)19/h4-9H,10H2,1-3H3. The number of carbonyl (C=O) groups excluding carboxylic acids is 2. The maximum atomic E-state index is 14.5. The Morgan fingerprint density at radius 1 is 1.14 bits per heavy atom. The lowest BCUT2D eigenvalue weighted by atomic mass is 9.76. The number of nitrogens with zero attached hydrogens (tertiary/aromatic N) is 1. The molecule has 1 aliphatic rings. The van der Waals surface area contributed by atoms with Crippen LogP contribution in [0.15, 0.2) is 36.4 Å². The van der Waals surface area contributed by atoms with Gasteiger partial charge >= 0.3 is 12.1 Å². The Morgan fingerprint density at radius 3 is 2.39 bits per heavy atom. The third-order valence-corrected chi connectivity index (χ3v) is 4.75. The lowest BCUT2D eigenvalue weighted by molar-refractivity contribution is -0.137. The zero-order valence-electron chi connectivity index (χ0n) is 15.4. The second-order valence-corrected chi connectivity index (χ2v) is 7.15. The number of methoxy groups -OCH3 is 1. The van der Waals surface area contributed by atoms with Gasteiger partial charge in [-0.3, -0.25) is 9.69 Å². The highest BCUT2D eigenvalue weighted by molar-refractivity contribution is 6.06. The molecule has 0 unspecified atom stereocenters. The number of ether oxygens (including phenoxy) is 1. The van der Waals surface area contributed by atoms with Gasteiger partial charge in [-0.25, -0.2) is 9.18 Å². The van der Waals surface area contributed by atoms with Gasteiger partial charge in [-0.1, -0.05) is 26.0 Å². The van der Waals surface area contributed by atoms with E-state index < -0.39 is 40.4 Å². The van der Waals surface area contributed by atoms with Gasteiger partial charge in [0.25, 0.3) is 0 Å². The monoisotopic (exact) mass is 395 g/mol. The number of alkyl halides is 3. The van der Waals surface area contributed by atoms with Gasteiger partial charge in [0.1, 0.15) is 5.82 Å². The van der Waals surface area contributed by atoms with E-state index in [0.29, 0.717) is 5.56 Å². The molecule has 1 aliphatic heterocycles. The van der Waals surface area contributed by atoms with Crippen molar-refractivity contribution in [3.8, 4) is 0 Å². The summed E-state index contributed by atoms with van der Waals surface area (Å²) in [7, 11) is 1.06. The van der Waals surface area contributed by atoms with Gasteiger partial charge in [0, 0.05) is 11.8 Å². The molecule has 2 aromatic rings. The van der Waals surface area contributed by atoms with Crippen LogP contribution >= 0.6 is 0 Å². The van der Waals surface area contributed by atoms with Crippen LogP contribution in [0.5, 0.6) is 0 Å². The highest BCUT2D eigenvalue weighted by Crippen LogP contribution is 2.47. The fraction of sp³-hybridized carbons (Fsp3) is 0.300. The van der Waals surface area contributed by atoms with Crippen molar-refractivity contribution in [3.05, 3.63) is 58.9 Å². The smallest absolute Gasteiger partial charge is 0.418 e. The molecule has 4 nitrogen and oxygen atoms in total. The Bertz CT molecular complexity index is 966. The van der Waals surface area contributed by atoms with E-state index in [1.165, 1.54) is 18.2 Å². The zero-order valence-corrected chi connectivity index (χ0v) is 15.4. The third kappa shape index (κ3) is 3.23. The summed E-state index contributed by atoms with van der Waals surface area (Å²) in [5.41, 5.74) is -2.31. The first-order chi connectivity index (χ1) is 13.0. The highest BCUT2D eigenvalue weighted by Gasteiger charge is 2.42. The summed E-state index contributed by atoms with van der Waals surface area (Å²) in [6.07, 6.45) is -4.82. The Hall–Kier alpha value is -2.90. The first kappa shape index (κ1) is 19.9. The van der Waals surface area contributed by atoms with Gasteiger partial charge in [0.15, 0.2) is 0 Å². The van der Waals surface area contributed by atoms with E-state index in [1.807, 2.05) is 0 Å². The molecule has 0 saturated heterocycles. The number of hydrogen-bond donors (Lipinski definition) is 0. The summed E-state index contributed by atoms with van der Waals surface area (Å²) in [4.78, 5) is 25.6. The molecule has 8 heteroatoms. The fourth-order valence-corrected chi connectivity index (χ4v) is 3.41. The van der Waals surface area contributed by atoms with Crippen molar-refractivity contribution in [2.45, 2.75) is 31.9 Å². The summed E-state index contributed by atoms with van der Waals surface area (Å²) in [6.45, 7) is 3.38. The number of amides is 1. The van der Waals surface area contributed by atoms with Gasteiger partial charge in [-0.2, -0.15) is 13.2 Å². The van der Waals surface area contributed by atoms with Crippen LogP contribution < -0.4 is 4.90 Å². The van der Waals surface area contributed by atoms with Crippen molar-refractivity contribution in [3.63, 3.8) is 0 Å². The molecule has 0 radical (unpaired) electrons. The van der Waals surface area contributed by atoms with E-state index in [1.54, 1.807) is 13.8 Å². The number of anilines is 2. The van der Waals surface area contributed by atoms with E-state index >= 15 is 0 Å². The van der Waals surface area contributed by atoms with Crippen molar-refractivity contribution < 1.29 is 31.9 Å². The number of fused-ring (bicyclic) bond motifs is 1. The number of rotatable bonds is 2. The molecule has 0 N–H and O–H groups in total. The quantitative estimate of drug-likeness (QED) is 0.532. The molecule has 0 aromatic heterocycles. The number of esters is 1. The Labute approximate surface area is 158 Å². The fourth-order valence-electron chi connectivity index (χ4n) is 3.41. The van der Waals surface area contributed by atoms with Crippen molar-refractivity contribution in [1.29, 1.82) is 0 Å². The number of benzene rings is 2. The maximum absolute atomic E-state index is 14.5. The van der Waals surface area contributed by atoms with Gasteiger partial charge in [0.05, 0.1) is 29.6 Å². The molecule has 0 atom stereocenters. The van der Waals surface area contributed by atoms with Gasteiger partial charge in [0.2, 0.25) is 5.91 Å². The van der Waals surface area contributed by atoms with Crippen LogP contribution in [-0.2, 0) is 21.1 Å². The minimum absolute atomic E-state index is 0.0275. The molecular weight excluding hydrogens is 378 g/mol. The predicted octanol–water partition coefficient (Wildman–Crippen LogP) is 4.98. The number of halogens is 4. The largest absolute Gasteiger partial charge is 0.465 e. The molecule has 148 valence electrons. The van der Waals surface area contributed by atoms with E-state index in [0.717, 1.165) is 30.2 Å². The molecule has 0 fully saturated rings. The zero-order chi connectivity index (χ0) is 20.9. The predicted molar refractivity (Wildman–Crippen MR) is 94.0 cm³/mol. The molecule has 0 aliphatic carbocycles. The van der Waals surface area contributed by atoms with Crippen LogP contribution in [0, 0.1) is 5.82 Å². The van der Waals surface area contributed by atoms with Crippen molar-refractivity contribution in [1.82, 2.24) is 0 Å². The molecule has 1 heterocycles. The van der Waals surface area contributed by atoms with Crippen LogP contribution in [0.2, 0.25) is 0 Å². The molecular formula is C20H17F4NO3. The topological polar surface area (TPSA) is 46.6 Å². The Kier molecular flexibility index (Phi) is 4.69. The summed E-state index contributed by atoms with van der Waals surface area (Å²) < 4.78 is 59.6. The summed E-state index contributed by atoms with van der Waals surface area (Å²) in [5.74, 6) is -2.44. The van der Waals surface area contributed by atoms with Gasteiger partial charge in [-0.05, 0) is 29.8 Å². The van der Waals surface area contributed by atoms with E-state index in [4.69, 9.17) is 0 Å². The molecule has 1 amide bonds. The highest BCUT2D eigenvalue weighted by atomic mass is 19.4. The molecule has 3 rings (SSSR count). The Morgan fingerprint density at radius 2 is 1.79 bits per heavy atom. The number of para-hydroxylation sites is 1. The second kappa shape index (κ2) is 6.61. The van der Waals surface area contributed by atoms with E-state index in [9.17, 15) is 27.2 Å². The Balaban J connectivity index is 2.32. The average Bonchev–Trinajstić information content (AvgIpc) is 2.60. The second-order valence-electron chi connectivity index (χ2n) is 7.15. The van der Waals surface area contributed by atoms with Crippen LogP contribution in [0.3, 0.4) is 0 Å². The molecule has 0 bridgehead atoms. The summed E-state index contributed by atoms with van der Waals surface area (Å²) in [6, 6.07) is 6.79. The molecule has 0 spiro atoms. The summed E-state index contributed by atoms with van der Waals surface area (Å²) >= 11 is 0. The van der Waals surface area contributed by atoms with Crippen LogP contribution in [0.25, 0.3) is 0 Å². The van der Waals surface area contributed by atoms with Gasteiger partial charge < -0.3 is 4.74 Å². The molecule has 28 heavy (non-hydrogen) atoms. The first-order valence-electron chi connectivity index (χ1n) is 8.39. The molecule has 0 saturated carbocycles. The minimum atomic E-state index is -4.70. The first-order valence-corrected chi connectivity index (χ1v) is 8.39. The van der Waals surface area contributed by atoms with E-state index in [-0.39, 0.29) is 17.8 Å². The molecule has 2 aromatic carbocycles.